The zero-order chi connectivity index (χ0) is 15.5. The predicted molar refractivity (Wildman–Crippen MR) is 91.4 cm³/mol. The lowest BCUT2D eigenvalue weighted by Crippen LogP contribution is -2.31. The van der Waals surface area contributed by atoms with Crippen LogP contribution in [0.25, 0.3) is 0 Å². The van der Waals surface area contributed by atoms with E-state index >= 15 is 0 Å². The van der Waals surface area contributed by atoms with Gasteiger partial charge in [-0.05, 0) is 62.1 Å². The molecule has 0 aromatic heterocycles. The molecule has 1 saturated carbocycles. The van der Waals surface area contributed by atoms with Crippen LogP contribution in [0.2, 0.25) is 5.02 Å². The Labute approximate surface area is 134 Å². The van der Waals surface area contributed by atoms with Crippen LogP contribution in [0, 0.1) is 11.3 Å². The first-order valence-corrected chi connectivity index (χ1v) is 8.47. The number of hydrogen-bond acceptors (Lipinski definition) is 2. The van der Waals surface area contributed by atoms with E-state index < -0.39 is 0 Å². The molecule has 1 fully saturated rings. The summed E-state index contributed by atoms with van der Waals surface area (Å²) in [5.41, 5.74) is 1.54. The summed E-state index contributed by atoms with van der Waals surface area (Å²) in [5, 5.41) is 4.31. The summed E-state index contributed by atoms with van der Waals surface area (Å²) in [7, 11) is 0. The van der Waals surface area contributed by atoms with Crippen molar-refractivity contribution in [3.8, 4) is 5.75 Å². The summed E-state index contributed by atoms with van der Waals surface area (Å²) in [6, 6.07) is 6.56. The van der Waals surface area contributed by atoms with Gasteiger partial charge >= 0.3 is 0 Å². The van der Waals surface area contributed by atoms with Crippen LogP contribution in [0.15, 0.2) is 18.2 Å². The van der Waals surface area contributed by atoms with Crippen LogP contribution < -0.4 is 10.1 Å². The number of hydrogen-bond donors (Lipinski definition) is 1. The average molecular weight is 310 g/mol. The third-order valence-electron chi connectivity index (χ3n) is 4.55. The van der Waals surface area contributed by atoms with Crippen molar-refractivity contribution >= 4 is 17.3 Å². The van der Waals surface area contributed by atoms with Gasteiger partial charge in [-0.1, -0.05) is 32.4 Å². The fourth-order valence-corrected chi connectivity index (χ4v) is 3.44. The van der Waals surface area contributed by atoms with E-state index in [0.29, 0.717) is 23.1 Å². The minimum absolute atomic E-state index is 0.438. The van der Waals surface area contributed by atoms with Crippen molar-refractivity contribution in [3.63, 3.8) is 0 Å². The largest absolute Gasteiger partial charge is 0.492 e. The van der Waals surface area contributed by atoms with E-state index in [0.717, 1.165) is 17.4 Å². The molecule has 118 valence electrons. The molecule has 0 atom stereocenters. The van der Waals surface area contributed by atoms with Crippen LogP contribution >= 0.6 is 11.6 Å². The summed E-state index contributed by atoms with van der Waals surface area (Å²) in [4.78, 5) is 0. The Bertz CT molecular complexity index is 459. The average Bonchev–Trinajstić information content (AvgIpc) is 2.42. The van der Waals surface area contributed by atoms with Crippen molar-refractivity contribution in [1.82, 2.24) is 0 Å². The van der Waals surface area contributed by atoms with E-state index in [9.17, 15) is 0 Å². The Balaban J connectivity index is 1.90. The van der Waals surface area contributed by atoms with Crippen LogP contribution in [0.1, 0.15) is 53.4 Å². The summed E-state index contributed by atoms with van der Waals surface area (Å²) < 4.78 is 5.47. The highest BCUT2D eigenvalue weighted by atomic mass is 35.5. The molecule has 0 aliphatic heterocycles. The summed E-state index contributed by atoms with van der Waals surface area (Å²) in [5.74, 6) is 1.61. The van der Waals surface area contributed by atoms with E-state index in [1.807, 2.05) is 19.1 Å². The van der Waals surface area contributed by atoms with Gasteiger partial charge in [0.15, 0.2) is 0 Å². The molecule has 0 heterocycles. The molecule has 1 aliphatic carbocycles. The Morgan fingerprint density at radius 2 is 1.86 bits per heavy atom. The fraction of sp³-hybridized carbons (Fsp3) is 0.667. The molecule has 1 aromatic carbocycles. The number of benzene rings is 1. The molecule has 3 heteroatoms. The van der Waals surface area contributed by atoms with Gasteiger partial charge in [0.2, 0.25) is 0 Å². The highest BCUT2D eigenvalue weighted by Gasteiger charge is 2.29. The molecule has 1 aromatic rings. The van der Waals surface area contributed by atoms with Gasteiger partial charge in [-0.15, -0.1) is 0 Å². The number of nitrogens with one attached hydrogen (secondary N) is 1. The van der Waals surface area contributed by atoms with Crippen molar-refractivity contribution in [2.45, 2.75) is 59.4 Å². The molecule has 0 amide bonds. The summed E-state index contributed by atoms with van der Waals surface area (Å²) >= 11 is 6.24. The lowest BCUT2D eigenvalue weighted by molar-refractivity contribution is 0.173. The molecule has 0 radical (unpaired) electrons. The first kappa shape index (κ1) is 16.5. The molecule has 0 spiro atoms. The highest BCUT2D eigenvalue weighted by molar-refractivity contribution is 6.32. The Morgan fingerprint density at radius 1 is 1.19 bits per heavy atom. The van der Waals surface area contributed by atoms with Crippen molar-refractivity contribution in [2.24, 2.45) is 11.3 Å². The maximum atomic E-state index is 6.24. The van der Waals surface area contributed by atoms with Gasteiger partial charge < -0.3 is 10.1 Å². The van der Waals surface area contributed by atoms with Crippen molar-refractivity contribution < 1.29 is 4.74 Å². The van der Waals surface area contributed by atoms with E-state index in [-0.39, 0.29) is 0 Å². The maximum absolute atomic E-state index is 6.24. The van der Waals surface area contributed by atoms with Crippen LogP contribution in [0.3, 0.4) is 0 Å². The Morgan fingerprint density at radius 3 is 2.38 bits per heavy atom. The third kappa shape index (κ3) is 4.54. The smallest absolute Gasteiger partial charge is 0.138 e. The fourth-order valence-electron chi connectivity index (χ4n) is 3.20. The second-order valence-corrected chi connectivity index (χ2v) is 7.54. The van der Waals surface area contributed by atoms with Gasteiger partial charge in [-0.2, -0.15) is 0 Å². The molecule has 0 unspecified atom stereocenters. The third-order valence-corrected chi connectivity index (χ3v) is 4.85. The minimum atomic E-state index is 0.438. The number of rotatable bonds is 4. The second-order valence-electron chi connectivity index (χ2n) is 7.14. The van der Waals surface area contributed by atoms with Gasteiger partial charge in [0, 0.05) is 11.7 Å². The lowest BCUT2D eigenvalue weighted by Gasteiger charge is -2.37. The summed E-state index contributed by atoms with van der Waals surface area (Å²) in [6.07, 6.45) is 5.11. The van der Waals surface area contributed by atoms with Gasteiger partial charge in [-0.25, -0.2) is 0 Å². The Kier molecular flexibility index (Phi) is 5.43. The first-order chi connectivity index (χ1) is 9.90. The van der Waals surface area contributed by atoms with E-state index in [4.69, 9.17) is 16.3 Å². The summed E-state index contributed by atoms with van der Waals surface area (Å²) in [6.45, 7) is 9.69. The first-order valence-electron chi connectivity index (χ1n) is 8.09. The molecular formula is C18H28ClNO. The SMILES string of the molecule is CCOc1ccc(NC2CCC(C(C)(C)C)CC2)cc1Cl. The molecule has 2 rings (SSSR count). The van der Waals surface area contributed by atoms with Crippen molar-refractivity contribution in [1.29, 1.82) is 0 Å². The van der Waals surface area contributed by atoms with Crippen LogP contribution in [0.4, 0.5) is 5.69 Å². The van der Waals surface area contributed by atoms with Gasteiger partial charge in [0.1, 0.15) is 5.75 Å². The van der Waals surface area contributed by atoms with Crippen LogP contribution in [-0.4, -0.2) is 12.6 Å². The number of halogens is 1. The van der Waals surface area contributed by atoms with Gasteiger partial charge in [0.25, 0.3) is 0 Å². The predicted octanol–water partition coefficient (Wildman–Crippen LogP) is 5.76. The molecule has 1 N–H and O–H groups in total. The van der Waals surface area contributed by atoms with E-state index in [2.05, 4.69) is 32.2 Å². The molecule has 1 aliphatic rings. The standard InChI is InChI=1S/C18H28ClNO/c1-5-21-17-11-10-15(12-16(17)19)20-14-8-6-13(7-9-14)18(2,3)4/h10-14,20H,5-9H2,1-4H3. The van der Waals surface area contributed by atoms with E-state index in [1.165, 1.54) is 25.7 Å². The van der Waals surface area contributed by atoms with Crippen molar-refractivity contribution in [2.75, 3.05) is 11.9 Å². The molecule has 0 bridgehead atoms. The van der Waals surface area contributed by atoms with Crippen molar-refractivity contribution in [3.05, 3.63) is 23.2 Å². The molecule has 2 nitrogen and oxygen atoms in total. The quantitative estimate of drug-likeness (QED) is 0.764. The van der Waals surface area contributed by atoms with Crippen LogP contribution in [-0.2, 0) is 0 Å². The van der Waals surface area contributed by atoms with Gasteiger partial charge in [0.05, 0.1) is 11.6 Å². The second kappa shape index (κ2) is 6.91. The molecule has 21 heavy (non-hydrogen) atoms. The number of ether oxygens (including phenoxy) is 1. The zero-order valence-corrected chi connectivity index (χ0v) is 14.5. The maximum Gasteiger partial charge on any atom is 0.138 e. The minimum Gasteiger partial charge on any atom is -0.492 e. The van der Waals surface area contributed by atoms with Gasteiger partial charge in [-0.3, -0.25) is 0 Å². The Hall–Kier alpha value is -0.890. The topological polar surface area (TPSA) is 21.3 Å². The monoisotopic (exact) mass is 309 g/mol. The number of anilines is 1. The van der Waals surface area contributed by atoms with Crippen LogP contribution in [0.5, 0.6) is 5.75 Å². The lowest BCUT2D eigenvalue weighted by atomic mass is 9.71. The zero-order valence-electron chi connectivity index (χ0n) is 13.7. The molecular weight excluding hydrogens is 282 g/mol. The normalized spacial score (nSPS) is 22.9. The highest BCUT2D eigenvalue weighted by Crippen LogP contribution is 2.38. The molecule has 0 saturated heterocycles. The van der Waals surface area contributed by atoms with E-state index in [1.54, 1.807) is 0 Å².